The average Bonchev–Trinajstić information content (AvgIpc) is 2.89. The Morgan fingerprint density at radius 2 is 2.15 bits per heavy atom. The molecule has 0 spiro atoms. The lowest BCUT2D eigenvalue weighted by molar-refractivity contribution is 0.0184. The summed E-state index contributed by atoms with van der Waals surface area (Å²) in [7, 11) is 3.42. The molecule has 0 radical (unpaired) electrons. The topological polar surface area (TPSA) is 54.7 Å². The summed E-state index contributed by atoms with van der Waals surface area (Å²) in [4.78, 5) is 13.8. The van der Waals surface area contributed by atoms with E-state index < -0.39 is 0 Å². The van der Waals surface area contributed by atoms with E-state index in [9.17, 15) is 4.79 Å². The van der Waals surface area contributed by atoms with Crippen molar-refractivity contribution in [1.82, 2.24) is 10.2 Å². The third-order valence-corrected chi connectivity index (χ3v) is 3.55. The Kier molecular flexibility index (Phi) is 5.62. The Labute approximate surface area is 121 Å². The van der Waals surface area contributed by atoms with Crippen LogP contribution in [-0.4, -0.2) is 37.7 Å². The van der Waals surface area contributed by atoms with Crippen molar-refractivity contribution < 1.29 is 13.9 Å². The molecule has 0 bridgehead atoms. The molecule has 0 saturated carbocycles. The standard InChI is InChI=1S/C15H26N2O3/c1-11(12-8-7-9-20-12)17(5)14(18)16-10-13(19-6)15(2,3)4/h7-9,11,13H,10H2,1-6H3,(H,16,18)/t11-,13+/m1/s1. The molecule has 0 aliphatic rings. The fraction of sp³-hybridized carbons (Fsp3) is 0.667. The van der Waals surface area contributed by atoms with Crippen molar-refractivity contribution in [3.63, 3.8) is 0 Å². The van der Waals surface area contributed by atoms with Gasteiger partial charge < -0.3 is 19.4 Å². The van der Waals surface area contributed by atoms with Crippen molar-refractivity contribution in [3.05, 3.63) is 24.2 Å². The molecule has 2 amide bonds. The SMILES string of the molecule is CO[C@@H](CNC(=O)N(C)[C@H](C)c1ccco1)C(C)(C)C. The summed E-state index contributed by atoms with van der Waals surface area (Å²) in [6, 6.07) is 3.43. The van der Waals surface area contributed by atoms with E-state index in [-0.39, 0.29) is 23.6 Å². The molecule has 5 heteroatoms. The molecule has 114 valence electrons. The summed E-state index contributed by atoms with van der Waals surface area (Å²) < 4.78 is 10.7. The van der Waals surface area contributed by atoms with E-state index >= 15 is 0 Å². The summed E-state index contributed by atoms with van der Waals surface area (Å²) >= 11 is 0. The summed E-state index contributed by atoms with van der Waals surface area (Å²) in [6.45, 7) is 8.66. The van der Waals surface area contributed by atoms with Crippen LogP contribution in [0.2, 0.25) is 0 Å². The van der Waals surface area contributed by atoms with E-state index in [0.29, 0.717) is 6.54 Å². The molecular weight excluding hydrogens is 256 g/mol. The molecule has 0 aliphatic heterocycles. The Morgan fingerprint density at radius 3 is 2.60 bits per heavy atom. The first kappa shape index (κ1) is 16.6. The van der Waals surface area contributed by atoms with Gasteiger partial charge >= 0.3 is 6.03 Å². The molecule has 5 nitrogen and oxygen atoms in total. The number of rotatable bonds is 5. The van der Waals surface area contributed by atoms with Gasteiger partial charge in [0.1, 0.15) is 5.76 Å². The minimum absolute atomic E-state index is 0.0206. The van der Waals surface area contributed by atoms with Crippen LogP contribution in [0, 0.1) is 5.41 Å². The highest BCUT2D eigenvalue weighted by atomic mass is 16.5. The molecule has 1 aromatic heterocycles. The van der Waals surface area contributed by atoms with Crippen molar-refractivity contribution in [3.8, 4) is 0 Å². The zero-order valence-electron chi connectivity index (χ0n) is 13.3. The number of hydrogen-bond donors (Lipinski definition) is 1. The summed E-state index contributed by atoms with van der Waals surface area (Å²) in [5.41, 5.74) is -0.0206. The Hall–Kier alpha value is -1.49. The number of amides is 2. The van der Waals surface area contributed by atoms with Crippen LogP contribution in [0.3, 0.4) is 0 Å². The molecule has 1 N–H and O–H groups in total. The van der Waals surface area contributed by atoms with E-state index in [4.69, 9.17) is 9.15 Å². The van der Waals surface area contributed by atoms with Crippen LogP contribution in [0.4, 0.5) is 4.79 Å². The first-order valence-electron chi connectivity index (χ1n) is 6.84. The van der Waals surface area contributed by atoms with Gasteiger partial charge in [0.25, 0.3) is 0 Å². The maximum absolute atomic E-state index is 12.1. The highest BCUT2D eigenvalue weighted by Gasteiger charge is 2.26. The maximum Gasteiger partial charge on any atom is 0.317 e. The predicted molar refractivity (Wildman–Crippen MR) is 78.5 cm³/mol. The quantitative estimate of drug-likeness (QED) is 0.903. The van der Waals surface area contributed by atoms with Gasteiger partial charge in [-0.1, -0.05) is 20.8 Å². The molecule has 0 fully saturated rings. The van der Waals surface area contributed by atoms with Crippen LogP contribution < -0.4 is 5.32 Å². The number of nitrogens with zero attached hydrogens (tertiary/aromatic N) is 1. The number of ether oxygens (including phenoxy) is 1. The van der Waals surface area contributed by atoms with E-state index in [2.05, 4.69) is 26.1 Å². The first-order chi connectivity index (χ1) is 9.27. The highest BCUT2D eigenvalue weighted by molar-refractivity contribution is 5.74. The normalized spacial score (nSPS) is 14.7. The molecule has 2 atom stereocenters. The second kappa shape index (κ2) is 6.79. The number of methoxy groups -OCH3 is 1. The largest absolute Gasteiger partial charge is 0.467 e. The maximum atomic E-state index is 12.1. The summed E-state index contributed by atoms with van der Waals surface area (Å²) in [5.74, 6) is 0.766. The van der Waals surface area contributed by atoms with Crippen LogP contribution in [0.15, 0.2) is 22.8 Å². The molecule has 1 heterocycles. The van der Waals surface area contributed by atoms with Crippen LogP contribution in [-0.2, 0) is 4.74 Å². The molecule has 0 aliphatic carbocycles. The average molecular weight is 282 g/mol. The fourth-order valence-corrected chi connectivity index (χ4v) is 1.94. The number of carbonyl (C=O) groups is 1. The molecule has 1 aromatic rings. The molecule has 0 aromatic carbocycles. The zero-order valence-corrected chi connectivity index (χ0v) is 13.3. The van der Waals surface area contributed by atoms with E-state index in [1.165, 1.54) is 0 Å². The van der Waals surface area contributed by atoms with Gasteiger partial charge in [0.2, 0.25) is 0 Å². The number of furan rings is 1. The van der Waals surface area contributed by atoms with Crippen molar-refractivity contribution in [2.45, 2.75) is 39.8 Å². The lowest BCUT2D eigenvalue weighted by Crippen LogP contribution is -2.45. The zero-order chi connectivity index (χ0) is 15.3. The molecule has 0 saturated heterocycles. The van der Waals surface area contributed by atoms with Crippen molar-refractivity contribution in [1.29, 1.82) is 0 Å². The Bertz CT molecular complexity index is 409. The van der Waals surface area contributed by atoms with Gasteiger partial charge in [-0.2, -0.15) is 0 Å². The third kappa shape index (κ3) is 4.27. The second-order valence-corrected chi connectivity index (χ2v) is 6.08. The predicted octanol–water partition coefficient (Wildman–Crippen LogP) is 3.04. The van der Waals surface area contributed by atoms with Crippen LogP contribution in [0.25, 0.3) is 0 Å². The second-order valence-electron chi connectivity index (χ2n) is 6.08. The van der Waals surface area contributed by atoms with Crippen LogP contribution >= 0.6 is 0 Å². The van der Waals surface area contributed by atoms with E-state index in [1.54, 1.807) is 25.3 Å². The number of hydrogen-bond acceptors (Lipinski definition) is 3. The van der Waals surface area contributed by atoms with Crippen LogP contribution in [0.1, 0.15) is 39.5 Å². The summed E-state index contributed by atoms with van der Waals surface area (Å²) in [6.07, 6.45) is 1.58. The van der Waals surface area contributed by atoms with Crippen molar-refractivity contribution in [2.24, 2.45) is 5.41 Å². The van der Waals surface area contributed by atoms with Gasteiger partial charge in [-0.15, -0.1) is 0 Å². The number of urea groups is 1. The van der Waals surface area contributed by atoms with E-state index in [0.717, 1.165) is 5.76 Å². The molecular formula is C15H26N2O3. The van der Waals surface area contributed by atoms with Gasteiger partial charge in [-0.25, -0.2) is 4.79 Å². The third-order valence-electron chi connectivity index (χ3n) is 3.55. The monoisotopic (exact) mass is 282 g/mol. The minimum Gasteiger partial charge on any atom is -0.467 e. The summed E-state index contributed by atoms with van der Waals surface area (Å²) in [5, 5.41) is 2.90. The molecule has 20 heavy (non-hydrogen) atoms. The lowest BCUT2D eigenvalue weighted by atomic mass is 9.89. The van der Waals surface area contributed by atoms with Gasteiger partial charge in [-0.05, 0) is 24.5 Å². The van der Waals surface area contributed by atoms with Gasteiger partial charge in [0.05, 0.1) is 18.4 Å². The highest BCUT2D eigenvalue weighted by Crippen LogP contribution is 2.22. The molecule has 0 unspecified atom stereocenters. The number of nitrogens with one attached hydrogen (secondary N) is 1. The van der Waals surface area contributed by atoms with E-state index in [1.807, 2.05) is 19.1 Å². The van der Waals surface area contributed by atoms with Gasteiger partial charge in [-0.3, -0.25) is 0 Å². The van der Waals surface area contributed by atoms with Gasteiger partial charge in [0, 0.05) is 20.7 Å². The Morgan fingerprint density at radius 1 is 1.50 bits per heavy atom. The fourth-order valence-electron chi connectivity index (χ4n) is 1.94. The lowest BCUT2D eigenvalue weighted by Gasteiger charge is -2.31. The first-order valence-corrected chi connectivity index (χ1v) is 6.84. The van der Waals surface area contributed by atoms with Gasteiger partial charge in [0.15, 0.2) is 0 Å². The van der Waals surface area contributed by atoms with Crippen LogP contribution in [0.5, 0.6) is 0 Å². The van der Waals surface area contributed by atoms with Crippen molar-refractivity contribution >= 4 is 6.03 Å². The number of carbonyl (C=O) groups excluding carboxylic acids is 1. The molecule has 1 rings (SSSR count). The Balaban J connectivity index is 2.54. The van der Waals surface area contributed by atoms with Crippen molar-refractivity contribution in [2.75, 3.05) is 20.7 Å². The minimum atomic E-state index is -0.139. The smallest absolute Gasteiger partial charge is 0.317 e.